The summed E-state index contributed by atoms with van der Waals surface area (Å²) in [5, 5.41) is 8.31. The van der Waals surface area contributed by atoms with Crippen molar-refractivity contribution in [2.75, 3.05) is 5.32 Å². The molecule has 0 saturated heterocycles. The number of para-hydroxylation sites is 1. The van der Waals surface area contributed by atoms with E-state index in [9.17, 15) is 0 Å². The number of nitrogens with zero attached hydrogens (tertiary/aromatic N) is 5. The van der Waals surface area contributed by atoms with Crippen LogP contribution in [0.3, 0.4) is 0 Å². The van der Waals surface area contributed by atoms with Crippen LogP contribution in [0, 0.1) is 0 Å². The highest BCUT2D eigenvalue weighted by Gasteiger charge is 2.01. The van der Waals surface area contributed by atoms with Crippen molar-refractivity contribution < 1.29 is 0 Å². The van der Waals surface area contributed by atoms with Gasteiger partial charge < -0.3 is 5.32 Å². The van der Waals surface area contributed by atoms with Gasteiger partial charge in [0.25, 0.3) is 0 Å². The zero-order chi connectivity index (χ0) is 12.4. The maximum Gasteiger partial charge on any atom is 0.223 e. The quantitative estimate of drug-likeness (QED) is 0.748. The summed E-state index contributed by atoms with van der Waals surface area (Å²) in [5.41, 5.74) is 0.920. The molecule has 0 spiro atoms. The number of hydrogen-bond donors (Lipinski definition) is 1. The highest BCUT2D eigenvalue weighted by molar-refractivity contribution is 5.78. The Hall–Kier alpha value is -2.50. The molecule has 0 aliphatic rings. The predicted molar refractivity (Wildman–Crippen MR) is 67.9 cm³/mol. The van der Waals surface area contributed by atoms with E-state index in [1.807, 2.05) is 31.3 Å². The monoisotopic (exact) mass is 240 g/mol. The molecule has 1 N–H and O–H groups in total. The van der Waals surface area contributed by atoms with E-state index in [-0.39, 0.29) is 0 Å². The topological polar surface area (TPSA) is 68.5 Å². The van der Waals surface area contributed by atoms with Crippen molar-refractivity contribution in [3.8, 4) is 0 Å². The van der Waals surface area contributed by atoms with Gasteiger partial charge in [0.1, 0.15) is 6.33 Å². The molecule has 90 valence electrons. The Morgan fingerprint density at radius 2 is 2.11 bits per heavy atom. The van der Waals surface area contributed by atoms with Crippen LogP contribution in [-0.4, -0.2) is 24.7 Å². The molecule has 2 heterocycles. The first kappa shape index (κ1) is 10.6. The van der Waals surface area contributed by atoms with Crippen molar-refractivity contribution >= 4 is 16.9 Å². The molecule has 6 heteroatoms. The minimum atomic E-state index is 0.513. The minimum Gasteiger partial charge on any atom is -0.347 e. The normalized spacial score (nSPS) is 10.7. The molecule has 3 rings (SSSR count). The molecule has 0 bridgehead atoms. The smallest absolute Gasteiger partial charge is 0.223 e. The summed E-state index contributed by atoms with van der Waals surface area (Å²) in [4.78, 5) is 12.8. The van der Waals surface area contributed by atoms with Gasteiger partial charge in [0.05, 0.1) is 12.1 Å². The van der Waals surface area contributed by atoms with Crippen molar-refractivity contribution in [2.45, 2.75) is 6.54 Å². The first-order chi connectivity index (χ1) is 8.81. The summed E-state index contributed by atoms with van der Waals surface area (Å²) in [6.07, 6.45) is 3.47. The lowest BCUT2D eigenvalue weighted by atomic mass is 10.2. The van der Waals surface area contributed by atoms with Crippen LogP contribution >= 0.6 is 0 Å². The van der Waals surface area contributed by atoms with Crippen LogP contribution in [0.1, 0.15) is 5.82 Å². The summed E-state index contributed by atoms with van der Waals surface area (Å²) < 4.78 is 1.66. The van der Waals surface area contributed by atoms with E-state index in [2.05, 4.69) is 25.4 Å². The van der Waals surface area contributed by atoms with Crippen molar-refractivity contribution in [2.24, 2.45) is 7.05 Å². The highest BCUT2D eigenvalue weighted by Crippen LogP contribution is 2.11. The number of anilines is 1. The Morgan fingerprint density at radius 1 is 1.22 bits per heavy atom. The minimum absolute atomic E-state index is 0.513. The Kier molecular flexibility index (Phi) is 2.60. The van der Waals surface area contributed by atoms with Gasteiger partial charge in [-0.3, -0.25) is 4.68 Å². The number of nitrogens with one attached hydrogen (secondary N) is 1. The van der Waals surface area contributed by atoms with E-state index in [1.165, 1.54) is 0 Å². The van der Waals surface area contributed by atoms with Gasteiger partial charge in [-0.15, -0.1) is 0 Å². The molecule has 0 radical (unpaired) electrons. The third-order valence-corrected chi connectivity index (χ3v) is 2.54. The molecular weight excluding hydrogens is 228 g/mol. The molecule has 3 aromatic rings. The SMILES string of the molecule is Cn1cnc(CNc2ncc3ccccc3n2)n1. The number of aromatic nitrogens is 5. The average molecular weight is 240 g/mol. The fraction of sp³-hybridized carbons (Fsp3) is 0.167. The first-order valence-electron chi connectivity index (χ1n) is 5.61. The second-order valence-corrected chi connectivity index (χ2v) is 3.94. The molecule has 2 aromatic heterocycles. The van der Waals surface area contributed by atoms with Crippen LogP contribution < -0.4 is 5.32 Å². The average Bonchev–Trinajstić information content (AvgIpc) is 2.82. The van der Waals surface area contributed by atoms with Gasteiger partial charge in [0, 0.05) is 18.6 Å². The molecule has 0 saturated carbocycles. The lowest BCUT2D eigenvalue weighted by Gasteiger charge is -2.03. The Labute approximate surface area is 104 Å². The third kappa shape index (κ3) is 2.13. The summed E-state index contributed by atoms with van der Waals surface area (Å²) >= 11 is 0. The molecule has 6 nitrogen and oxygen atoms in total. The third-order valence-electron chi connectivity index (χ3n) is 2.54. The van der Waals surface area contributed by atoms with E-state index < -0.39 is 0 Å². The number of aryl methyl sites for hydroxylation is 1. The zero-order valence-corrected chi connectivity index (χ0v) is 9.91. The fourth-order valence-electron chi connectivity index (χ4n) is 1.68. The Morgan fingerprint density at radius 3 is 2.94 bits per heavy atom. The van der Waals surface area contributed by atoms with Crippen LogP contribution in [-0.2, 0) is 13.6 Å². The molecular formula is C12H12N6. The maximum atomic E-state index is 4.41. The summed E-state index contributed by atoms with van der Waals surface area (Å²) in [6.45, 7) is 0.513. The maximum absolute atomic E-state index is 4.41. The second-order valence-electron chi connectivity index (χ2n) is 3.94. The molecule has 0 unspecified atom stereocenters. The van der Waals surface area contributed by atoms with Gasteiger partial charge in [-0.2, -0.15) is 5.10 Å². The zero-order valence-electron chi connectivity index (χ0n) is 9.91. The van der Waals surface area contributed by atoms with Crippen LogP contribution in [0.4, 0.5) is 5.95 Å². The van der Waals surface area contributed by atoms with Crippen LogP contribution in [0.25, 0.3) is 10.9 Å². The van der Waals surface area contributed by atoms with Gasteiger partial charge in [0.15, 0.2) is 5.82 Å². The van der Waals surface area contributed by atoms with Crippen molar-refractivity contribution in [1.82, 2.24) is 24.7 Å². The van der Waals surface area contributed by atoms with E-state index in [4.69, 9.17) is 0 Å². The number of fused-ring (bicyclic) bond motifs is 1. The first-order valence-corrected chi connectivity index (χ1v) is 5.61. The summed E-state index contributed by atoms with van der Waals surface area (Å²) in [5.74, 6) is 1.30. The van der Waals surface area contributed by atoms with Crippen molar-refractivity contribution in [3.05, 3.63) is 42.6 Å². The van der Waals surface area contributed by atoms with Crippen LogP contribution in [0.15, 0.2) is 36.8 Å². The molecule has 0 aliphatic carbocycles. The Bertz CT molecular complexity index is 675. The van der Waals surface area contributed by atoms with E-state index in [1.54, 1.807) is 17.2 Å². The number of rotatable bonds is 3. The molecule has 0 aliphatic heterocycles. The summed E-state index contributed by atoms with van der Waals surface area (Å²) in [6, 6.07) is 7.87. The number of benzene rings is 1. The van der Waals surface area contributed by atoms with Gasteiger partial charge in [-0.1, -0.05) is 18.2 Å². The van der Waals surface area contributed by atoms with E-state index in [0.29, 0.717) is 18.3 Å². The summed E-state index contributed by atoms with van der Waals surface area (Å²) in [7, 11) is 1.84. The van der Waals surface area contributed by atoms with Gasteiger partial charge in [0.2, 0.25) is 5.95 Å². The molecule has 18 heavy (non-hydrogen) atoms. The lowest BCUT2D eigenvalue weighted by Crippen LogP contribution is -2.05. The standard InChI is InChI=1S/C12H12N6/c1-18-8-15-11(17-18)7-14-12-13-6-9-4-2-3-5-10(9)16-12/h2-6,8H,7H2,1H3,(H,13,14,16). The largest absolute Gasteiger partial charge is 0.347 e. The van der Waals surface area contributed by atoms with Crippen LogP contribution in [0.2, 0.25) is 0 Å². The predicted octanol–water partition coefficient (Wildman–Crippen LogP) is 1.37. The van der Waals surface area contributed by atoms with E-state index >= 15 is 0 Å². The highest BCUT2D eigenvalue weighted by atomic mass is 15.3. The van der Waals surface area contributed by atoms with Crippen molar-refractivity contribution in [1.29, 1.82) is 0 Å². The molecule has 0 atom stereocenters. The van der Waals surface area contributed by atoms with E-state index in [0.717, 1.165) is 10.9 Å². The lowest BCUT2D eigenvalue weighted by molar-refractivity contribution is 0.746. The van der Waals surface area contributed by atoms with Crippen molar-refractivity contribution in [3.63, 3.8) is 0 Å². The fourth-order valence-corrected chi connectivity index (χ4v) is 1.68. The number of hydrogen-bond acceptors (Lipinski definition) is 5. The molecule has 0 fully saturated rings. The molecule has 0 amide bonds. The Balaban J connectivity index is 1.78. The van der Waals surface area contributed by atoms with Gasteiger partial charge in [-0.25, -0.2) is 15.0 Å². The molecule has 1 aromatic carbocycles. The van der Waals surface area contributed by atoms with Gasteiger partial charge in [-0.05, 0) is 6.07 Å². The van der Waals surface area contributed by atoms with Crippen LogP contribution in [0.5, 0.6) is 0 Å². The van der Waals surface area contributed by atoms with Gasteiger partial charge >= 0.3 is 0 Å². The second kappa shape index (κ2) is 4.40.